The summed E-state index contributed by atoms with van der Waals surface area (Å²) in [6, 6.07) is 12.5. The van der Waals surface area contributed by atoms with Gasteiger partial charge in [0.2, 0.25) is 0 Å². The zero-order chi connectivity index (χ0) is 20.9. The van der Waals surface area contributed by atoms with E-state index < -0.39 is 12.1 Å². The van der Waals surface area contributed by atoms with Crippen molar-refractivity contribution in [3.63, 3.8) is 0 Å². The number of nitrogens with zero attached hydrogens (tertiary/aromatic N) is 2. The monoisotopic (exact) mass is 394 g/mol. The van der Waals surface area contributed by atoms with Gasteiger partial charge in [-0.2, -0.15) is 13.2 Å². The first-order chi connectivity index (χ1) is 13.1. The number of rotatable bonds is 7. The van der Waals surface area contributed by atoms with Crippen LogP contribution in [0.2, 0.25) is 0 Å². The van der Waals surface area contributed by atoms with Crippen molar-refractivity contribution in [1.29, 1.82) is 5.41 Å². The molecule has 1 amide bonds. The van der Waals surface area contributed by atoms with Gasteiger partial charge < -0.3 is 20.3 Å². The molecule has 9 heteroatoms. The molecular weight excluding hydrogens is 373 g/mol. The highest BCUT2D eigenvalue weighted by Crippen LogP contribution is 2.25. The fraction of sp³-hybridized carbons (Fsp3) is 0.263. The Hall–Kier alpha value is -3.23. The largest absolute Gasteiger partial charge is 0.492 e. The third-order valence-corrected chi connectivity index (χ3v) is 3.89. The molecule has 0 atom stereocenters. The summed E-state index contributed by atoms with van der Waals surface area (Å²) < 4.78 is 44.5. The number of amides is 1. The van der Waals surface area contributed by atoms with Crippen LogP contribution < -0.4 is 20.3 Å². The Morgan fingerprint density at radius 2 is 1.71 bits per heavy atom. The van der Waals surface area contributed by atoms with Gasteiger partial charge in [-0.15, -0.1) is 0 Å². The lowest BCUT2D eigenvalue weighted by molar-refractivity contribution is -0.170. The van der Waals surface area contributed by atoms with Gasteiger partial charge in [-0.1, -0.05) is 12.1 Å². The molecule has 150 valence electrons. The normalized spacial score (nSPS) is 11.0. The molecule has 3 N–H and O–H groups in total. The third kappa shape index (κ3) is 5.38. The van der Waals surface area contributed by atoms with Gasteiger partial charge in [0.15, 0.2) is 0 Å². The number of nitrogens with two attached hydrogens (primary N) is 1. The van der Waals surface area contributed by atoms with Crippen LogP contribution in [0.4, 0.5) is 24.5 Å². The minimum absolute atomic E-state index is 0.119. The van der Waals surface area contributed by atoms with Crippen LogP contribution >= 0.6 is 0 Å². The van der Waals surface area contributed by atoms with Crippen LogP contribution in [-0.2, 0) is 4.79 Å². The summed E-state index contributed by atoms with van der Waals surface area (Å²) in [6.07, 6.45) is -5.01. The number of halogens is 3. The van der Waals surface area contributed by atoms with E-state index in [1.165, 1.54) is 18.2 Å². The maximum absolute atomic E-state index is 13.0. The second-order valence-electron chi connectivity index (χ2n) is 6.16. The number of carbonyl (C=O) groups is 1. The number of nitrogens with one attached hydrogen (secondary N) is 1. The van der Waals surface area contributed by atoms with E-state index in [9.17, 15) is 18.0 Å². The molecule has 0 radical (unpaired) electrons. The summed E-state index contributed by atoms with van der Waals surface area (Å²) >= 11 is 0. The van der Waals surface area contributed by atoms with Crippen LogP contribution in [0.5, 0.6) is 5.75 Å². The zero-order valence-electron chi connectivity index (χ0n) is 15.5. The molecule has 0 aliphatic carbocycles. The van der Waals surface area contributed by atoms with E-state index in [1.807, 2.05) is 0 Å². The Morgan fingerprint density at radius 3 is 2.25 bits per heavy atom. The number of carbonyl (C=O) groups excluding carboxylic acids is 1. The van der Waals surface area contributed by atoms with Gasteiger partial charge in [0.1, 0.15) is 18.2 Å². The van der Waals surface area contributed by atoms with E-state index in [0.29, 0.717) is 16.2 Å². The number of alkyl halides is 3. The van der Waals surface area contributed by atoms with Gasteiger partial charge in [-0.05, 0) is 36.4 Å². The number of anilines is 2. The number of benzene rings is 2. The van der Waals surface area contributed by atoms with E-state index in [2.05, 4.69) is 0 Å². The Morgan fingerprint density at radius 1 is 1.11 bits per heavy atom. The molecular formula is C19H21F3N4O2. The first-order valence-electron chi connectivity index (χ1n) is 8.33. The molecule has 2 aromatic carbocycles. The highest BCUT2D eigenvalue weighted by molar-refractivity contribution is 5.97. The van der Waals surface area contributed by atoms with Crippen molar-refractivity contribution in [3.05, 3.63) is 54.1 Å². The van der Waals surface area contributed by atoms with E-state index >= 15 is 0 Å². The fourth-order valence-electron chi connectivity index (χ4n) is 2.44. The summed E-state index contributed by atoms with van der Waals surface area (Å²) in [4.78, 5) is 14.3. The summed E-state index contributed by atoms with van der Waals surface area (Å²) in [7, 11) is 3.60. The number of amidine groups is 1. The van der Waals surface area contributed by atoms with Crippen LogP contribution in [0.25, 0.3) is 0 Å². The highest BCUT2D eigenvalue weighted by Gasteiger charge is 2.43. The lowest BCUT2D eigenvalue weighted by atomic mass is 10.2. The molecule has 6 nitrogen and oxygen atoms in total. The van der Waals surface area contributed by atoms with Crippen LogP contribution in [0, 0.1) is 5.41 Å². The minimum Gasteiger partial charge on any atom is -0.492 e. The molecule has 0 aromatic heterocycles. The Balaban J connectivity index is 2.15. The average molecular weight is 394 g/mol. The second kappa shape index (κ2) is 8.64. The Labute approximate surface area is 160 Å². The average Bonchev–Trinajstić information content (AvgIpc) is 2.64. The smallest absolute Gasteiger partial charge is 0.471 e. The van der Waals surface area contributed by atoms with Gasteiger partial charge in [0.25, 0.3) is 0 Å². The van der Waals surface area contributed by atoms with Gasteiger partial charge >= 0.3 is 12.1 Å². The van der Waals surface area contributed by atoms with Gasteiger partial charge in [0, 0.05) is 31.0 Å². The summed E-state index contributed by atoms with van der Waals surface area (Å²) in [6.45, 7) is -0.470. The molecule has 0 unspecified atom stereocenters. The van der Waals surface area contributed by atoms with Gasteiger partial charge in [-0.3, -0.25) is 10.2 Å². The van der Waals surface area contributed by atoms with Crippen molar-refractivity contribution in [2.75, 3.05) is 37.0 Å². The van der Waals surface area contributed by atoms with Crippen LogP contribution in [-0.4, -0.2) is 45.2 Å². The number of hydrogen-bond acceptors (Lipinski definition) is 4. The molecule has 0 aliphatic rings. The van der Waals surface area contributed by atoms with Crippen molar-refractivity contribution in [2.45, 2.75) is 6.18 Å². The predicted molar refractivity (Wildman–Crippen MR) is 102 cm³/mol. The molecule has 28 heavy (non-hydrogen) atoms. The van der Waals surface area contributed by atoms with Crippen molar-refractivity contribution in [3.8, 4) is 5.75 Å². The van der Waals surface area contributed by atoms with Crippen molar-refractivity contribution in [2.24, 2.45) is 5.73 Å². The van der Waals surface area contributed by atoms with Crippen LogP contribution in [0.3, 0.4) is 0 Å². The standard InChI is InChI=1S/C19H21F3N4O2/c1-25(2)14-6-8-15(9-7-14)26(18(27)19(20,21)22)10-11-28-16-5-3-4-13(12-16)17(23)24/h3-9,12H,10-11H2,1-2H3,(H3,23,24). The minimum atomic E-state index is -5.01. The molecule has 0 saturated heterocycles. The Bertz CT molecular complexity index is 836. The topological polar surface area (TPSA) is 82.7 Å². The maximum Gasteiger partial charge on any atom is 0.471 e. The van der Waals surface area contributed by atoms with Gasteiger partial charge in [0.05, 0.1) is 6.54 Å². The molecule has 2 rings (SSSR count). The predicted octanol–water partition coefficient (Wildman–Crippen LogP) is 3.01. The lowest BCUT2D eigenvalue weighted by Crippen LogP contribution is -2.43. The molecule has 0 bridgehead atoms. The second-order valence-corrected chi connectivity index (χ2v) is 6.16. The number of nitrogen functional groups attached to an aromatic ring is 1. The van der Waals surface area contributed by atoms with Crippen LogP contribution in [0.15, 0.2) is 48.5 Å². The number of ether oxygens (including phenoxy) is 1. The molecule has 2 aromatic rings. The van der Waals surface area contributed by atoms with E-state index in [1.54, 1.807) is 49.3 Å². The summed E-state index contributed by atoms with van der Waals surface area (Å²) in [5, 5.41) is 7.40. The van der Waals surface area contributed by atoms with Crippen molar-refractivity contribution < 1.29 is 22.7 Å². The molecule has 0 fully saturated rings. The van der Waals surface area contributed by atoms with E-state index in [0.717, 1.165) is 5.69 Å². The molecule has 0 spiro atoms. The van der Waals surface area contributed by atoms with Crippen molar-refractivity contribution in [1.82, 2.24) is 0 Å². The summed E-state index contributed by atoms with van der Waals surface area (Å²) in [5.41, 5.74) is 6.75. The van der Waals surface area contributed by atoms with E-state index in [4.69, 9.17) is 15.9 Å². The highest BCUT2D eigenvalue weighted by atomic mass is 19.4. The van der Waals surface area contributed by atoms with Crippen molar-refractivity contribution >= 4 is 23.1 Å². The molecule has 0 aliphatic heterocycles. The molecule has 0 heterocycles. The quantitative estimate of drug-likeness (QED) is 0.559. The number of hydrogen-bond donors (Lipinski definition) is 2. The molecule has 0 saturated carbocycles. The SMILES string of the molecule is CN(C)c1ccc(N(CCOc2cccc(C(=N)N)c2)C(=O)C(F)(F)F)cc1. The first kappa shape index (κ1) is 21.1. The zero-order valence-corrected chi connectivity index (χ0v) is 15.5. The lowest BCUT2D eigenvalue weighted by Gasteiger charge is -2.24. The first-order valence-corrected chi connectivity index (χ1v) is 8.33. The van der Waals surface area contributed by atoms with Gasteiger partial charge in [-0.25, -0.2) is 0 Å². The third-order valence-electron chi connectivity index (χ3n) is 3.89. The van der Waals surface area contributed by atoms with E-state index in [-0.39, 0.29) is 24.7 Å². The maximum atomic E-state index is 13.0. The summed E-state index contributed by atoms with van der Waals surface area (Å²) in [5.74, 6) is -1.78. The fourth-order valence-corrected chi connectivity index (χ4v) is 2.44. The Kier molecular flexibility index (Phi) is 6.50. The van der Waals surface area contributed by atoms with Crippen LogP contribution in [0.1, 0.15) is 5.56 Å².